The molecule has 1 aliphatic heterocycles. The molecule has 0 saturated heterocycles. The fourth-order valence-electron chi connectivity index (χ4n) is 5.04. The van der Waals surface area contributed by atoms with Crippen molar-refractivity contribution in [2.24, 2.45) is 0 Å². The van der Waals surface area contributed by atoms with Gasteiger partial charge >= 0.3 is 5.97 Å². The van der Waals surface area contributed by atoms with Crippen molar-refractivity contribution in [2.75, 3.05) is 6.54 Å². The van der Waals surface area contributed by atoms with E-state index in [9.17, 15) is 14.7 Å². The maximum Gasteiger partial charge on any atom is 0.323 e. The molecule has 1 unspecified atom stereocenters. The maximum atomic E-state index is 13.4. The van der Waals surface area contributed by atoms with E-state index in [0.29, 0.717) is 12.0 Å². The van der Waals surface area contributed by atoms with Gasteiger partial charge in [0.15, 0.2) is 0 Å². The van der Waals surface area contributed by atoms with Crippen molar-refractivity contribution < 1.29 is 19.4 Å². The molecule has 0 bridgehead atoms. The van der Waals surface area contributed by atoms with Crippen molar-refractivity contribution in [3.05, 3.63) is 100 Å². The highest BCUT2D eigenvalue weighted by Gasteiger charge is 2.35. The molecular formula is C32H37NO4. The quantitative estimate of drug-likeness (QED) is 0.338. The molecule has 0 spiro atoms. The average Bonchev–Trinajstić information content (AvgIpc) is 3.22. The summed E-state index contributed by atoms with van der Waals surface area (Å²) >= 11 is 0. The lowest BCUT2D eigenvalue weighted by molar-refractivity contribution is -0.137. The van der Waals surface area contributed by atoms with Gasteiger partial charge in [0.25, 0.3) is 5.91 Å². The number of hydrogen-bond acceptors (Lipinski definition) is 3. The Morgan fingerprint density at radius 2 is 1.57 bits per heavy atom. The van der Waals surface area contributed by atoms with E-state index in [1.807, 2.05) is 24.3 Å². The van der Waals surface area contributed by atoms with Gasteiger partial charge in [-0.25, -0.2) is 0 Å². The van der Waals surface area contributed by atoms with E-state index in [2.05, 4.69) is 57.2 Å². The average molecular weight is 500 g/mol. The van der Waals surface area contributed by atoms with Crippen LogP contribution < -0.4 is 4.74 Å². The second kappa shape index (κ2) is 11.6. The van der Waals surface area contributed by atoms with E-state index in [4.69, 9.17) is 4.74 Å². The number of rotatable bonds is 11. The van der Waals surface area contributed by atoms with Gasteiger partial charge in [0.2, 0.25) is 0 Å². The van der Waals surface area contributed by atoms with Crippen LogP contribution in [0.3, 0.4) is 0 Å². The Hall–Kier alpha value is -3.60. The van der Waals surface area contributed by atoms with Gasteiger partial charge in [-0.15, -0.1) is 0 Å². The van der Waals surface area contributed by atoms with Crippen LogP contribution >= 0.6 is 0 Å². The Labute approximate surface area is 220 Å². The first-order chi connectivity index (χ1) is 17.8. The van der Waals surface area contributed by atoms with Gasteiger partial charge in [-0.2, -0.15) is 0 Å². The minimum absolute atomic E-state index is 0.248. The van der Waals surface area contributed by atoms with E-state index in [0.717, 1.165) is 49.0 Å². The molecule has 4 rings (SSSR count). The number of unbranched alkanes of at least 4 members (excludes halogenated alkanes) is 1. The molecule has 0 aliphatic carbocycles. The highest BCUT2D eigenvalue weighted by Crippen LogP contribution is 2.37. The molecule has 0 fully saturated rings. The molecule has 1 aliphatic rings. The molecule has 1 atom stereocenters. The zero-order valence-electron chi connectivity index (χ0n) is 22.1. The van der Waals surface area contributed by atoms with Crippen LogP contribution in [0, 0.1) is 0 Å². The fourth-order valence-corrected chi connectivity index (χ4v) is 5.04. The second-order valence-corrected chi connectivity index (χ2v) is 10.4. The number of ether oxygens (including phenoxy) is 1. The molecule has 5 heteroatoms. The number of benzene rings is 3. The lowest BCUT2D eigenvalue weighted by atomic mass is 9.91. The van der Waals surface area contributed by atoms with E-state index in [-0.39, 0.29) is 19.0 Å². The fraction of sp³-hybridized carbons (Fsp3) is 0.375. The number of amides is 1. The predicted molar refractivity (Wildman–Crippen MR) is 146 cm³/mol. The monoisotopic (exact) mass is 499 g/mol. The number of carboxylic acids is 1. The number of carboxylic acid groups (broad SMARTS) is 1. The Balaban J connectivity index is 1.47. The third-order valence-corrected chi connectivity index (χ3v) is 7.07. The largest absolute Gasteiger partial charge is 0.487 e. The Bertz CT molecular complexity index is 1230. The van der Waals surface area contributed by atoms with Crippen LogP contribution in [0.5, 0.6) is 5.75 Å². The van der Waals surface area contributed by atoms with Crippen molar-refractivity contribution >= 4 is 11.9 Å². The summed E-state index contributed by atoms with van der Waals surface area (Å²) in [5, 5.41) is 9.48. The van der Waals surface area contributed by atoms with Crippen molar-refractivity contribution in [1.29, 1.82) is 0 Å². The summed E-state index contributed by atoms with van der Waals surface area (Å²) in [5.74, 6) is -0.528. The van der Waals surface area contributed by atoms with E-state index < -0.39 is 11.6 Å². The van der Waals surface area contributed by atoms with Crippen LogP contribution in [0.15, 0.2) is 66.7 Å². The molecule has 1 heterocycles. The Kier molecular flexibility index (Phi) is 8.32. The zero-order valence-corrected chi connectivity index (χ0v) is 22.1. The third-order valence-electron chi connectivity index (χ3n) is 7.07. The summed E-state index contributed by atoms with van der Waals surface area (Å²) in [6.45, 7) is 6.31. The SMILES string of the molecule is CCCCc1ccc(CN(CC(=O)O)C(=O)c2ccc3c(c2)CC(C)(Cc2ccc(CC)cc2)O3)cc1. The maximum absolute atomic E-state index is 13.4. The first-order valence-electron chi connectivity index (χ1n) is 13.3. The molecule has 0 radical (unpaired) electrons. The number of aryl methyl sites for hydroxylation is 2. The number of fused-ring (bicyclic) bond motifs is 1. The predicted octanol–water partition coefficient (Wildman–Crippen LogP) is 6.25. The van der Waals surface area contributed by atoms with Crippen molar-refractivity contribution in [1.82, 2.24) is 4.90 Å². The molecule has 0 aromatic heterocycles. The first kappa shape index (κ1) is 26.5. The van der Waals surface area contributed by atoms with Gasteiger partial charge in [-0.1, -0.05) is 68.8 Å². The van der Waals surface area contributed by atoms with Crippen molar-refractivity contribution in [3.63, 3.8) is 0 Å². The van der Waals surface area contributed by atoms with Gasteiger partial charge in [-0.3, -0.25) is 9.59 Å². The molecule has 1 amide bonds. The summed E-state index contributed by atoms with van der Waals surface area (Å²) in [7, 11) is 0. The second-order valence-electron chi connectivity index (χ2n) is 10.4. The molecule has 3 aromatic carbocycles. The number of hydrogen-bond donors (Lipinski definition) is 1. The number of carbonyl (C=O) groups is 2. The molecular weight excluding hydrogens is 462 g/mol. The van der Waals surface area contributed by atoms with Crippen LogP contribution in [0.25, 0.3) is 0 Å². The van der Waals surface area contributed by atoms with E-state index in [1.165, 1.54) is 21.6 Å². The number of aliphatic carboxylic acids is 1. The Morgan fingerprint density at radius 1 is 0.919 bits per heavy atom. The molecule has 5 nitrogen and oxygen atoms in total. The lowest BCUT2D eigenvalue weighted by Gasteiger charge is -2.24. The molecule has 3 aromatic rings. The van der Waals surface area contributed by atoms with Gasteiger partial charge < -0.3 is 14.7 Å². The summed E-state index contributed by atoms with van der Waals surface area (Å²) in [4.78, 5) is 26.4. The lowest BCUT2D eigenvalue weighted by Crippen LogP contribution is -2.35. The van der Waals surface area contributed by atoms with Crippen LogP contribution in [-0.2, 0) is 37.0 Å². The molecule has 37 heavy (non-hydrogen) atoms. The van der Waals surface area contributed by atoms with Crippen LogP contribution in [-0.4, -0.2) is 34.0 Å². The van der Waals surface area contributed by atoms with Gasteiger partial charge in [0.05, 0.1) is 0 Å². The van der Waals surface area contributed by atoms with E-state index in [1.54, 1.807) is 6.07 Å². The molecule has 0 saturated carbocycles. The van der Waals surface area contributed by atoms with Gasteiger partial charge in [-0.05, 0) is 72.2 Å². The van der Waals surface area contributed by atoms with Crippen molar-refractivity contribution in [3.8, 4) is 5.75 Å². The number of carbonyl (C=O) groups excluding carboxylic acids is 1. The zero-order chi connectivity index (χ0) is 26.4. The topological polar surface area (TPSA) is 66.8 Å². The van der Waals surface area contributed by atoms with Gasteiger partial charge in [0, 0.05) is 24.9 Å². The summed E-state index contributed by atoms with van der Waals surface area (Å²) in [6, 6.07) is 22.2. The van der Waals surface area contributed by atoms with Crippen molar-refractivity contribution in [2.45, 2.75) is 71.4 Å². The molecule has 1 N–H and O–H groups in total. The standard InChI is InChI=1S/C32H37NO4/c1-4-6-7-24-10-14-26(15-11-24)21-33(22-30(34)35)31(36)27-16-17-29-28(18-27)20-32(3,37-29)19-25-12-8-23(5-2)9-13-25/h8-18H,4-7,19-22H2,1-3H3,(H,34,35). The van der Waals surface area contributed by atoms with Gasteiger partial charge in [0.1, 0.15) is 17.9 Å². The van der Waals surface area contributed by atoms with Crippen LogP contribution in [0.4, 0.5) is 0 Å². The molecule has 194 valence electrons. The van der Waals surface area contributed by atoms with Crippen LogP contribution in [0.2, 0.25) is 0 Å². The third kappa shape index (κ3) is 6.79. The summed E-state index contributed by atoms with van der Waals surface area (Å²) in [6.07, 6.45) is 5.77. The highest BCUT2D eigenvalue weighted by atomic mass is 16.5. The number of nitrogens with zero attached hydrogens (tertiary/aromatic N) is 1. The normalized spacial score (nSPS) is 16.2. The van der Waals surface area contributed by atoms with E-state index >= 15 is 0 Å². The summed E-state index contributed by atoms with van der Waals surface area (Å²) < 4.78 is 6.33. The highest BCUT2D eigenvalue weighted by molar-refractivity contribution is 5.96. The minimum Gasteiger partial charge on any atom is -0.487 e. The first-order valence-corrected chi connectivity index (χ1v) is 13.3. The smallest absolute Gasteiger partial charge is 0.323 e. The Morgan fingerprint density at radius 3 is 2.22 bits per heavy atom. The minimum atomic E-state index is -1.03. The van der Waals surface area contributed by atoms with Crippen LogP contribution in [0.1, 0.15) is 71.8 Å². The summed E-state index contributed by atoms with van der Waals surface area (Å²) in [5.41, 5.74) is 5.78.